The third-order valence-corrected chi connectivity index (χ3v) is 7.29. The fourth-order valence-corrected chi connectivity index (χ4v) is 5.24. The maximum absolute atomic E-state index is 15.1. The Kier molecular flexibility index (Phi) is 5.98. The van der Waals surface area contributed by atoms with E-state index in [1.165, 1.54) is 6.07 Å². The SMILES string of the molecule is CC1(C)CCc2nc3c(F)cc(-c4nc(Nc5ccc(OCC6CCNCC6)cn5)ncc4F)cc3n21. The molecular weight excluding hydrogens is 476 g/mol. The minimum absolute atomic E-state index is 0.00609. The maximum atomic E-state index is 15.1. The topological polar surface area (TPSA) is 89.8 Å². The number of hydrogen-bond donors (Lipinski definition) is 2. The minimum atomic E-state index is -0.639. The van der Waals surface area contributed by atoms with Gasteiger partial charge in [-0.05, 0) is 76.4 Å². The Morgan fingerprint density at radius 1 is 1.08 bits per heavy atom. The zero-order chi connectivity index (χ0) is 25.6. The van der Waals surface area contributed by atoms with Gasteiger partial charge in [-0.25, -0.2) is 28.7 Å². The van der Waals surface area contributed by atoms with Gasteiger partial charge in [-0.15, -0.1) is 0 Å². The van der Waals surface area contributed by atoms with E-state index in [0.29, 0.717) is 40.7 Å². The summed E-state index contributed by atoms with van der Waals surface area (Å²) in [6, 6.07) is 6.61. The number of benzene rings is 1. The Morgan fingerprint density at radius 2 is 1.92 bits per heavy atom. The third kappa shape index (κ3) is 4.61. The average molecular weight is 506 g/mol. The Morgan fingerprint density at radius 3 is 2.70 bits per heavy atom. The van der Waals surface area contributed by atoms with Crippen molar-refractivity contribution in [1.82, 2.24) is 29.8 Å². The van der Waals surface area contributed by atoms with E-state index in [0.717, 1.165) is 50.8 Å². The quantitative estimate of drug-likeness (QED) is 0.382. The summed E-state index contributed by atoms with van der Waals surface area (Å²) in [7, 11) is 0. The Hall–Kier alpha value is -3.66. The van der Waals surface area contributed by atoms with Gasteiger partial charge in [0.15, 0.2) is 11.6 Å². The molecule has 5 heterocycles. The molecule has 2 aliphatic heterocycles. The molecule has 0 radical (unpaired) electrons. The summed E-state index contributed by atoms with van der Waals surface area (Å²) in [5.74, 6) is 1.58. The van der Waals surface area contributed by atoms with E-state index in [2.05, 4.69) is 44.4 Å². The van der Waals surface area contributed by atoms with E-state index >= 15 is 4.39 Å². The van der Waals surface area contributed by atoms with Crippen LogP contribution in [0.2, 0.25) is 0 Å². The second kappa shape index (κ2) is 9.33. The van der Waals surface area contributed by atoms with Crippen LogP contribution in [0, 0.1) is 17.6 Å². The molecule has 3 aromatic heterocycles. The van der Waals surface area contributed by atoms with Crippen LogP contribution in [-0.2, 0) is 12.0 Å². The first-order valence-electron chi connectivity index (χ1n) is 12.7. The van der Waals surface area contributed by atoms with Crippen LogP contribution in [0.15, 0.2) is 36.7 Å². The molecule has 2 N–H and O–H groups in total. The normalized spacial score (nSPS) is 17.2. The predicted octanol–water partition coefficient (Wildman–Crippen LogP) is 4.97. The summed E-state index contributed by atoms with van der Waals surface area (Å²) in [5, 5.41) is 6.35. The lowest BCUT2D eigenvalue weighted by Crippen LogP contribution is -2.30. The molecule has 4 aromatic rings. The zero-order valence-electron chi connectivity index (χ0n) is 20.9. The van der Waals surface area contributed by atoms with Crippen molar-refractivity contribution in [2.75, 3.05) is 25.0 Å². The number of aryl methyl sites for hydroxylation is 1. The smallest absolute Gasteiger partial charge is 0.229 e. The highest BCUT2D eigenvalue weighted by Gasteiger charge is 2.33. The number of anilines is 2. The summed E-state index contributed by atoms with van der Waals surface area (Å²) >= 11 is 0. The van der Waals surface area contributed by atoms with E-state index in [1.807, 2.05) is 10.6 Å². The van der Waals surface area contributed by atoms with Gasteiger partial charge in [0, 0.05) is 17.5 Å². The summed E-state index contributed by atoms with van der Waals surface area (Å²) in [6.07, 6.45) is 6.63. The number of nitrogens with zero attached hydrogens (tertiary/aromatic N) is 5. The molecule has 0 atom stereocenters. The van der Waals surface area contributed by atoms with Gasteiger partial charge in [0.2, 0.25) is 5.95 Å². The maximum Gasteiger partial charge on any atom is 0.229 e. The lowest BCUT2D eigenvalue weighted by atomic mass is 9.99. The van der Waals surface area contributed by atoms with Crippen molar-refractivity contribution < 1.29 is 13.5 Å². The predicted molar refractivity (Wildman–Crippen MR) is 137 cm³/mol. The molecule has 0 unspecified atom stereocenters. The number of pyridine rings is 1. The molecule has 1 saturated heterocycles. The monoisotopic (exact) mass is 505 g/mol. The van der Waals surface area contributed by atoms with Crippen LogP contribution in [-0.4, -0.2) is 44.2 Å². The van der Waals surface area contributed by atoms with Gasteiger partial charge < -0.3 is 19.9 Å². The number of hydrogen-bond acceptors (Lipinski definition) is 7. The van der Waals surface area contributed by atoms with Crippen molar-refractivity contribution in [3.63, 3.8) is 0 Å². The Labute approximate surface area is 213 Å². The van der Waals surface area contributed by atoms with Gasteiger partial charge in [0.05, 0.1) is 24.5 Å². The van der Waals surface area contributed by atoms with Gasteiger partial charge in [-0.1, -0.05) is 0 Å². The molecule has 192 valence electrons. The highest BCUT2D eigenvalue weighted by atomic mass is 19.1. The second-order valence-electron chi connectivity index (χ2n) is 10.4. The van der Waals surface area contributed by atoms with Crippen molar-refractivity contribution >= 4 is 22.8 Å². The largest absolute Gasteiger partial charge is 0.492 e. The molecule has 1 fully saturated rings. The van der Waals surface area contributed by atoms with Crippen LogP contribution in [0.25, 0.3) is 22.3 Å². The molecular formula is C27H29F2N7O. The number of imidazole rings is 1. The molecule has 0 aliphatic carbocycles. The summed E-state index contributed by atoms with van der Waals surface area (Å²) < 4.78 is 37.8. The number of nitrogens with one attached hydrogen (secondary N) is 2. The average Bonchev–Trinajstić information content (AvgIpc) is 3.43. The van der Waals surface area contributed by atoms with E-state index in [4.69, 9.17) is 4.74 Å². The number of aromatic nitrogens is 5. The summed E-state index contributed by atoms with van der Waals surface area (Å²) in [6.45, 7) is 6.91. The molecule has 0 bridgehead atoms. The molecule has 2 aliphatic rings. The summed E-state index contributed by atoms with van der Waals surface area (Å²) in [5.41, 5.74) is 1.08. The number of piperidine rings is 1. The fourth-order valence-electron chi connectivity index (χ4n) is 5.24. The number of ether oxygens (including phenoxy) is 1. The molecule has 37 heavy (non-hydrogen) atoms. The van der Waals surface area contributed by atoms with Crippen LogP contribution < -0.4 is 15.4 Å². The van der Waals surface area contributed by atoms with Crippen molar-refractivity contribution in [3.8, 4) is 17.0 Å². The molecule has 0 amide bonds. The van der Waals surface area contributed by atoms with E-state index in [-0.39, 0.29) is 17.2 Å². The first-order valence-corrected chi connectivity index (χ1v) is 12.7. The van der Waals surface area contributed by atoms with Gasteiger partial charge in [0.1, 0.15) is 28.6 Å². The van der Waals surface area contributed by atoms with Crippen LogP contribution in [0.1, 0.15) is 38.9 Å². The minimum Gasteiger partial charge on any atom is -0.492 e. The summed E-state index contributed by atoms with van der Waals surface area (Å²) in [4.78, 5) is 17.3. The molecule has 0 saturated carbocycles. The highest BCUT2D eigenvalue weighted by molar-refractivity contribution is 5.83. The number of halogens is 2. The Bertz CT molecular complexity index is 1450. The Balaban J connectivity index is 1.23. The lowest BCUT2D eigenvalue weighted by molar-refractivity contribution is 0.214. The van der Waals surface area contributed by atoms with Crippen LogP contribution in [0.5, 0.6) is 5.75 Å². The fraction of sp³-hybridized carbons (Fsp3) is 0.407. The van der Waals surface area contributed by atoms with Crippen LogP contribution in [0.3, 0.4) is 0 Å². The highest BCUT2D eigenvalue weighted by Crippen LogP contribution is 2.38. The van der Waals surface area contributed by atoms with Crippen LogP contribution >= 0.6 is 0 Å². The van der Waals surface area contributed by atoms with Crippen LogP contribution in [0.4, 0.5) is 20.5 Å². The van der Waals surface area contributed by atoms with Gasteiger partial charge in [-0.2, -0.15) is 0 Å². The van der Waals surface area contributed by atoms with Crippen molar-refractivity contribution in [2.45, 2.75) is 45.1 Å². The number of rotatable bonds is 6. The zero-order valence-corrected chi connectivity index (χ0v) is 20.9. The first kappa shape index (κ1) is 23.7. The molecule has 0 spiro atoms. The molecule has 1 aromatic carbocycles. The van der Waals surface area contributed by atoms with Crippen molar-refractivity contribution in [3.05, 3.63) is 54.1 Å². The third-order valence-electron chi connectivity index (χ3n) is 7.29. The standard InChI is InChI=1S/C27H29F2N7O/c1-27(2)8-5-23-34-25-19(28)11-17(12-21(25)36(23)27)24-20(29)14-32-26(35-24)33-22-4-3-18(13-31-22)37-15-16-6-9-30-10-7-16/h3-4,11-14,16,30H,5-10,15H2,1-2H3,(H,31,32,33,35). The van der Waals surface area contributed by atoms with Crippen molar-refractivity contribution in [2.24, 2.45) is 5.92 Å². The lowest BCUT2D eigenvalue weighted by Gasteiger charge is -2.22. The molecule has 6 rings (SSSR count). The van der Waals surface area contributed by atoms with E-state index in [1.54, 1.807) is 18.3 Å². The van der Waals surface area contributed by atoms with Crippen molar-refractivity contribution in [1.29, 1.82) is 0 Å². The van der Waals surface area contributed by atoms with E-state index < -0.39 is 11.6 Å². The van der Waals surface area contributed by atoms with Gasteiger partial charge >= 0.3 is 0 Å². The first-order chi connectivity index (χ1) is 17.9. The number of fused-ring (bicyclic) bond motifs is 3. The second-order valence-corrected chi connectivity index (χ2v) is 10.4. The molecule has 10 heteroatoms. The van der Waals surface area contributed by atoms with E-state index in [9.17, 15) is 4.39 Å². The molecule has 8 nitrogen and oxygen atoms in total. The van der Waals surface area contributed by atoms with Gasteiger partial charge in [-0.3, -0.25) is 0 Å². The van der Waals surface area contributed by atoms with Gasteiger partial charge in [0.25, 0.3) is 0 Å².